The number of carbonyl (C=O) groups is 5. The Morgan fingerprint density at radius 2 is 1.37 bits per heavy atom. The average molecular weight is 559 g/mol. The van der Waals surface area contributed by atoms with Crippen LogP contribution in [0.2, 0.25) is 0 Å². The van der Waals surface area contributed by atoms with Gasteiger partial charge in [0, 0.05) is 45.5 Å². The van der Waals surface area contributed by atoms with E-state index in [9.17, 15) is 24.0 Å². The summed E-state index contributed by atoms with van der Waals surface area (Å²) >= 11 is 3.36. The van der Waals surface area contributed by atoms with Gasteiger partial charge >= 0.3 is 29.8 Å². The number of esters is 5. The molecular formula is C23H27BrO11. The minimum Gasteiger partial charge on any atom is -0.463 e. The van der Waals surface area contributed by atoms with E-state index >= 15 is 0 Å². The first kappa shape index (κ1) is 28.2. The van der Waals surface area contributed by atoms with Gasteiger partial charge in [0.1, 0.15) is 24.6 Å². The fraction of sp³-hybridized carbons (Fsp3) is 0.522. The van der Waals surface area contributed by atoms with Crippen LogP contribution in [0.1, 0.15) is 51.8 Å². The van der Waals surface area contributed by atoms with Crippen LogP contribution in [0.5, 0.6) is 5.75 Å². The third-order valence-electron chi connectivity index (χ3n) is 4.78. The van der Waals surface area contributed by atoms with E-state index in [1.165, 1.54) is 13.8 Å². The van der Waals surface area contributed by atoms with Gasteiger partial charge in [-0.3, -0.25) is 24.0 Å². The average Bonchev–Trinajstić information content (AvgIpc) is 2.74. The standard InChI is InChI=1S/C23H27BrO11/c1-11(25)30-10-19-21(32-13(3)27)23(34-15(5)29)22(33-14(4)28)20(35-19)17-8-16(9-24)6-7-18(17)31-12(2)26/h6-8,19-23H,9-10H2,1-5H3/t19?,20-,21?,22-,23?/m0/s1. The summed E-state index contributed by atoms with van der Waals surface area (Å²) in [5.41, 5.74) is 1.07. The van der Waals surface area contributed by atoms with E-state index in [0.717, 1.165) is 26.3 Å². The van der Waals surface area contributed by atoms with Crippen molar-refractivity contribution >= 4 is 45.8 Å². The van der Waals surface area contributed by atoms with Crippen molar-refractivity contribution in [2.75, 3.05) is 6.61 Å². The smallest absolute Gasteiger partial charge is 0.308 e. The van der Waals surface area contributed by atoms with Crippen LogP contribution in [0, 0.1) is 0 Å². The molecule has 1 aliphatic rings. The zero-order valence-corrected chi connectivity index (χ0v) is 21.5. The minimum absolute atomic E-state index is 0.114. The van der Waals surface area contributed by atoms with Gasteiger partial charge < -0.3 is 28.4 Å². The molecule has 2 rings (SSSR count). The molecule has 12 heteroatoms. The van der Waals surface area contributed by atoms with Gasteiger partial charge in [-0.2, -0.15) is 0 Å². The molecular weight excluding hydrogens is 532 g/mol. The lowest BCUT2D eigenvalue weighted by Gasteiger charge is -2.44. The van der Waals surface area contributed by atoms with E-state index in [0.29, 0.717) is 10.9 Å². The third kappa shape index (κ3) is 8.03. The summed E-state index contributed by atoms with van der Waals surface area (Å²) in [5.74, 6) is -3.33. The van der Waals surface area contributed by atoms with Crippen LogP contribution in [0.25, 0.3) is 0 Å². The Morgan fingerprint density at radius 1 is 0.800 bits per heavy atom. The second-order valence-electron chi connectivity index (χ2n) is 7.72. The van der Waals surface area contributed by atoms with Gasteiger partial charge in [0.05, 0.1) is 0 Å². The van der Waals surface area contributed by atoms with E-state index in [4.69, 9.17) is 28.4 Å². The first-order chi connectivity index (χ1) is 16.4. The highest BCUT2D eigenvalue weighted by Gasteiger charge is 2.53. The summed E-state index contributed by atoms with van der Waals surface area (Å²) in [5, 5.41) is 0.436. The Balaban J connectivity index is 2.70. The maximum Gasteiger partial charge on any atom is 0.308 e. The van der Waals surface area contributed by atoms with Gasteiger partial charge in [0.25, 0.3) is 0 Å². The monoisotopic (exact) mass is 558 g/mol. The molecule has 1 aliphatic heterocycles. The highest BCUT2D eigenvalue weighted by molar-refractivity contribution is 9.08. The molecule has 1 fully saturated rings. The number of carbonyl (C=O) groups excluding carboxylic acids is 5. The zero-order chi connectivity index (χ0) is 26.3. The summed E-state index contributed by atoms with van der Waals surface area (Å²) < 4.78 is 32.9. The van der Waals surface area contributed by atoms with E-state index in [2.05, 4.69) is 15.9 Å². The molecule has 1 aromatic carbocycles. The molecule has 0 aromatic heterocycles. The van der Waals surface area contributed by atoms with Gasteiger partial charge in [-0.1, -0.05) is 22.0 Å². The first-order valence-corrected chi connectivity index (χ1v) is 11.7. The summed E-state index contributed by atoms with van der Waals surface area (Å²) in [7, 11) is 0. The van der Waals surface area contributed by atoms with Crippen LogP contribution in [0.4, 0.5) is 0 Å². The number of benzene rings is 1. The topological polar surface area (TPSA) is 141 Å². The SMILES string of the molecule is CC(=O)OCC1O[C@@H](c2cc(CBr)ccc2OC(C)=O)[C@H](OC(C)=O)C(OC(C)=O)C1OC(C)=O. The van der Waals surface area contributed by atoms with Gasteiger partial charge in [0.15, 0.2) is 18.3 Å². The van der Waals surface area contributed by atoms with E-state index in [1.54, 1.807) is 18.2 Å². The lowest BCUT2D eigenvalue weighted by molar-refractivity contribution is -0.254. The number of halogens is 1. The molecule has 0 saturated carbocycles. The number of ether oxygens (including phenoxy) is 6. The van der Waals surface area contributed by atoms with Crippen LogP contribution >= 0.6 is 15.9 Å². The number of alkyl halides is 1. The fourth-order valence-electron chi connectivity index (χ4n) is 3.63. The Morgan fingerprint density at radius 3 is 1.89 bits per heavy atom. The summed E-state index contributed by atoms with van der Waals surface area (Å²) in [6, 6.07) is 4.91. The molecule has 35 heavy (non-hydrogen) atoms. The van der Waals surface area contributed by atoms with Crippen molar-refractivity contribution < 1.29 is 52.4 Å². The normalized spacial score (nSPS) is 23.5. The molecule has 5 atom stereocenters. The van der Waals surface area contributed by atoms with Crippen molar-refractivity contribution in [1.29, 1.82) is 0 Å². The molecule has 1 aromatic rings. The Hall–Kier alpha value is -2.99. The van der Waals surface area contributed by atoms with Crippen molar-refractivity contribution in [2.45, 2.75) is 70.5 Å². The first-order valence-electron chi connectivity index (χ1n) is 10.6. The van der Waals surface area contributed by atoms with Crippen molar-refractivity contribution in [1.82, 2.24) is 0 Å². The maximum atomic E-state index is 12.0. The second-order valence-corrected chi connectivity index (χ2v) is 8.28. The highest BCUT2D eigenvalue weighted by Crippen LogP contribution is 2.41. The van der Waals surface area contributed by atoms with Gasteiger partial charge in [0.2, 0.25) is 0 Å². The second kappa shape index (κ2) is 12.6. The Bertz CT molecular complexity index is 976. The molecule has 0 N–H and O–H groups in total. The van der Waals surface area contributed by atoms with Crippen LogP contribution in [-0.4, -0.2) is 60.9 Å². The van der Waals surface area contributed by atoms with Crippen LogP contribution < -0.4 is 4.74 Å². The van der Waals surface area contributed by atoms with Crippen LogP contribution in [-0.2, 0) is 53.0 Å². The van der Waals surface area contributed by atoms with Gasteiger partial charge in [-0.25, -0.2) is 0 Å². The van der Waals surface area contributed by atoms with E-state index in [-0.39, 0.29) is 12.4 Å². The molecule has 0 bridgehead atoms. The molecule has 1 heterocycles. The fourth-order valence-corrected chi connectivity index (χ4v) is 3.98. The lowest BCUT2D eigenvalue weighted by Crippen LogP contribution is -2.59. The molecule has 0 radical (unpaired) electrons. The quantitative estimate of drug-likeness (QED) is 0.201. The summed E-state index contributed by atoms with van der Waals surface area (Å²) in [4.78, 5) is 59.1. The van der Waals surface area contributed by atoms with Crippen LogP contribution in [0.3, 0.4) is 0 Å². The molecule has 11 nitrogen and oxygen atoms in total. The number of hydrogen-bond acceptors (Lipinski definition) is 11. The van der Waals surface area contributed by atoms with E-state index < -0.39 is 60.4 Å². The van der Waals surface area contributed by atoms with Crippen molar-refractivity contribution in [3.63, 3.8) is 0 Å². The Labute approximate surface area is 210 Å². The highest BCUT2D eigenvalue weighted by atomic mass is 79.9. The molecule has 192 valence electrons. The Kier molecular flexibility index (Phi) is 10.2. The molecule has 1 saturated heterocycles. The predicted octanol–water partition coefficient (Wildman–Crippen LogP) is 2.30. The largest absolute Gasteiger partial charge is 0.463 e. The van der Waals surface area contributed by atoms with Crippen molar-refractivity contribution in [3.05, 3.63) is 29.3 Å². The maximum absolute atomic E-state index is 12.0. The summed E-state index contributed by atoms with van der Waals surface area (Å²) in [6.45, 7) is 5.46. The van der Waals surface area contributed by atoms with Crippen molar-refractivity contribution in [3.8, 4) is 5.75 Å². The molecule has 0 aliphatic carbocycles. The van der Waals surface area contributed by atoms with Crippen LogP contribution in [0.15, 0.2) is 18.2 Å². The molecule has 3 unspecified atom stereocenters. The molecule has 0 amide bonds. The lowest BCUT2D eigenvalue weighted by atomic mass is 9.89. The van der Waals surface area contributed by atoms with Gasteiger partial charge in [-0.15, -0.1) is 0 Å². The van der Waals surface area contributed by atoms with Crippen molar-refractivity contribution in [2.24, 2.45) is 0 Å². The van der Waals surface area contributed by atoms with E-state index in [1.807, 2.05) is 0 Å². The zero-order valence-electron chi connectivity index (χ0n) is 19.9. The minimum atomic E-state index is -1.34. The molecule has 0 spiro atoms. The summed E-state index contributed by atoms with van der Waals surface area (Å²) in [6.07, 6.45) is -6.22. The predicted molar refractivity (Wildman–Crippen MR) is 121 cm³/mol. The number of hydrogen-bond donors (Lipinski definition) is 0. The third-order valence-corrected chi connectivity index (χ3v) is 5.43. The van der Waals surface area contributed by atoms with Gasteiger partial charge in [-0.05, 0) is 17.7 Å². The number of rotatable bonds is 8.